The summed E-state index contributed by atoms with van der Waals surface area (Å²) in [6.45, 7) is 3.97. The van der Waals surface area contributed by atoms with Gasteiger partial charge in [0.25, 0.3) is 5.92 Å². The number of Topliss-reactive ketones (excluding diaryl/α,β-unsaturated/α-hetero) is 1. The van der Waals surface area contributed by atoms with E-state index in [1.54, 1.807) is 30.0 Å². The molecule has 1 aliphatic rings. The second-order valence-corrected chi connectivity index (χ2v) is 9.42. The maximum absolute atomic E-state index is 13.9. The van der Waals surface area contributed by atoms with Gasteiger partial charge in [0, 0.05) is 13.0 Å². The minimum Gasteiger partial charge on any atom is -0.491 e. The molecule has 0 aliphatic carbocycles. The van der Waals surface area contributed by atoms with E-state index < -0.39 is 5.92 Å². The molecule has 1 heterocycles. The third-order valence-electron chi connectivity index (χ3n) is 6.27. The third-order valence-corrected chi connectivity index (χ3v) is 6.72. The molecule has 3 rings (SSSR count). The van der Waals surface area contributed by atoms with Gasteiger partial charge in [0.2, 0.25) is 5.75 Å². The van der Waals surface area contributed by atoms with Crippen LogP contribution in [-0.4, -0.2) is 56.6 Å². The van der Waals surface area contributed by atoms with Crippen LogP contribution in [0.2, 0.25) is 5.02 Å². The Morgan fingerprint density at radius 2 is 1.83 bits per heavy atom. The van der Waals surface area contributed by atoms with Crippen molar-refractivity contribution in [2.45, 2.75) is 51.9 Å². The number of halogens is 4. The van der Waals surface area contributed by atoms with Gasteiger partial charge in [0.15, 0.2) is 17.3 Å². The minimum absolute atomic E-state index is 0.0875. The molecule has 0 aromatic heterocycles. The van der Waals surface area contributed by atoms with Crippen LogP contribution in [0, 0.1) is 12.7 Å². The number of ether oxygens (including phenoxy) is 3. The highest BCUT2D eigenvalue weighted by Crippen LogP contribution is 2.48. The van der Waals surface area contributed by atoms with Gasteiger partial charge in [-0.3, -0.25) is 9.69 Å². The number of unbranched alkanes of at least 4 members (excludes halogenated alkanes) is 1. The van der Waals surface area contributed by atoms with E-state index in [-0.39, 0.29) is 72.2 Å². The summed E-state index contributed by atoms with van der Waals surface area (Å²) in [7, 11) is 1.44. The third kappa shape index (κ3) is 7.07. The van der Waals surface area contributed by atoms with E-state index in [0.29, 0.717) is 43.4 Å². The molecule has 9 heteroatoms. The maximum atomic E-state index is 13.9. The Labute approximate surface area is 215 Å². The second kappa shape index (κ2) is 12.7. The van der Waals surface area contributed by atoms with Gasteiger partial charge >= 0.3 is 0 Å². The fourth-order valence-corrected chi connectivity index (χ4v) is 4.71. The number of piperidine rings is 1. The zero-order valence-electron chi connectivity index (χ0n) is 21.0. The highest BCUT2D eigenvalue weighted by atomic mass is 35.5. The quantitative estimate of drug-likeness (QED) is 0.232. The van der Waals surface area contributed by atoms with Crippen LogP contribution in [0.15, 0.2) is 24.3 Å². The molecule has 36 heavy (non-hydrogen) atoms. The Bertz CT molecular complexity index is 1060. The fraction of sp³-hybridized carbons (Fsp3) is 0.519. The van der Waals surface area contributed by atoms with Gasteiger partial charge in [-0.25, -0.2) is 13.2 Å². The number of hydrogen-bond acceptors (Lipinski definition) is 5. The van der Waals surface area contributed by atoms with Gasteiger partial charge in [-0.15, -0.1) is 0 Å². The Morgan fingerprint density at radius 3 is 2.50 bits per heavy atom. The van der Waals surface area contributed by atoms with Crippen molar-refractivity contribution in [2.24, 2.45) is 0 Å². The minimum atomic E-state index is -2.71. The Balaban J connectivity index is 1.73. The molecular weight excluding hydrogens is 495 g/mol. The molecule has 5 nitrogen and oxygen atoms in total. The first kappa shape index (κ1) is 28.1. The van der Waals surface area contributed by atoms with Crippen molar-refractivity contribution in [3.05, 3.63) is 51.8 Å². The number of ketones is 1. The average Bonchev–Trinajstić information content (AvgIpc) is 2.82. The molecule has 0 bridgehead atoms. The van der Waals surface area contributed by atoms with Crippen LogP contribution in [0.25, 0.3) is 0 Å². The van der Waals surface area contributed by atoms with E-state index in [2.05, 4.69) is 0 Å². The van der Waals surface area contributed by atoms with E-state index in [4.69, 9.17) is 25.8 Å². The average molecular weight is 528 g/mol. The van der Waals surface area contributed by atoms with Crippen molar-refractivity contribution in [3.63, 3.8) is 0 Å². The Morgan fingerprint density at radius 1 is 1.11 bits per heavy atom. The highest BCUT2D eigenvalue weighted by Gasteiger charge is 2.35. The zero-order chi connectivity index (χ0) is 26.3. The fourth-order valence-electron chi connectivity index (χ4n) is 4.45. The van der Waals surface area contributed by atoms with Crippen molar-refractivity contribution in [3.8, 4) is 17.2 Å². The summed E-state index contributed by atoms with van der Waals surface area (Å²) in [4.78, 5) is 14.2. The summed E-state index contributed by atoms with van der Waals surface area (Å²) in [6.07, 6.45) is 2.16. The SMILES string of the molecule is COc1c(Cl)c(C)c(C(C)=O)c(OCCN2CCCC(F)(F)C2)c1OCCCCc1ccccc1F. The second-order valence-electron chi connectivity index (χ2n) is 9.04. The molecule has 2 aromatic carbocycles. The van der Waals surface area contributed by atoms with Crippen LogP contribution in [0.4, 0.5) is 13.2 Å². The number of aryl methyl sites for hydroxylation is 1. The molecule has 0 amide bonds. The number of benzene rings is 2. The standard InChI is InChI=1S/C27H33ClF3NO4/c1-18-22(19(2)33)24(36-16-14-32-13-8-12-27(30,31)17-32)26(25(34-3)23(18)28)35-15-7-6-10-20-9-4-5-11-21(20)29/h4-5,9,11H,6-8,10,12-17H2,1-3H3. The molecule has 1 saturated heterocycles. The van der Waals surface area contributed by atoms with Gasteiger partial charge < -0.3 is 14.2 Å². The number of likely N-dealkylation sites (tertiary alicyclic amines) is 1. The van der Waals surface area contributed by atoms with Crippen molar-refractivity contribution in [1.82, 2.24) is 4.90 Å². The summed E-state index contributed by atoms with van der Waals surface area (Å²) in [6, 6.07) is 6.64. The van der Waals surface area contributed by atoms with Crippen molar-refractivity contribution >= 4 is 17.4 Å². The van der Waals surface area contributed by atoms with Gasteiger partial charge in [-0.2, -0.15) is 0 Å². The molecule has 0 atom stereocenters. The number of nitrogens with zero attached hydrogens (tertiary/aromatic N) is 1. The highest BCUT2D eigenvalue weighted by molar-refractivity contribution is 6.34. The number of methoxy groups -OCH3 is 1. The predicted octanol–water partition coefficient (Wildman–Crippen LogP) is 6.51. The number of rotatable bonds is 12. The van der Waals surface area contributed by atoms with Gasteiger partial charge in [0.05, 0.1) is 30.8 Å². The van der Waals surface area contributed by atoms with Crippen molar-refractivity contribution in [2.75, 3.05) is 40.0 Å². The van der Waals surface area contributed by atoms with Crippen LogP contribution >= 0.6 is 11.6 Å². The summed E-state index contributed by atoms with van der Waals surface area (Å²) in [5.74, 6) is -2.57. The lowest BCUT2D eigenvalue weighted by Gasteiger charge is -2.32. The van der Waals surface area contributed by atoms with Crippen LogP contribution in [0.1, 0.15) is 54.1 Å². The summed E-state index contributed by atoms with van der Waals surface area (Å²) in [5, 5.41) is 0.243. The Kier molecular flexibility index (Phi) is 9.91. The first-order valence-corrected chi connectivity index (χ1v) is 12.5. The largest absolute Gasteiger partial charge is 0.491 e. The lowest BCUT2D eigenvalue weighted by atomic mass is 10.0. The van der Waals surface area contributed by atoms with Crippen molar-refractivity contribution < 1.29 is 32.2 Å². The first-order valence-electron chi connectivity index (χ1n) is 12.1. The van der Waals surface area contributed by atoms with E-state index in [1.165, 1.54) is 20.1 Å². The zero-order valence-corrected chi connectivity index (χ0v) is 21.7. The molecule has 1 fully saturated rings. The summed E-state index contributed by atoms with van der Waals surface area (Å²) >= 11 is 6.50. The predicted molar refractivity (Wildman–Crippen MR) is 134 cm³/mol. The molecule has 0 unspecified atom stereocenters. The Hall–Kier alpha value is -2.45. The van der Waals surface area contributed by atoms with E-state index in [9.17, 15) is 18.0 Å². The van der Waals surface area contributed by atoms with Gasteiger partial charge in [-0.05, 0) is 63.3 Å². The lowest BCUT2D eigenvalue weighted by molar-refractivity contribution is -0.0657. The van der Waals surface area contributed by atoms with Gasteiger partial charge in [0.1, 0.15) is 12.4 Å². The topological polar surface area (TPSA) is 48.0 Å². The number of carbonyl (C=O) groups excluding carboxylic acids is 1. The summed E-state index contributed by atoms with van der Waals surface area (Å²) < 4.78 is 58.9. The molecule has 0 N–H and O–H groups in total. The van der Waals surface area contributed by atoms with E-state index in [1.807, 2.05) is 0 Å². The molecule has 198 valence electrons. The molecule has 2 aromatic rings. The molecule has 1 aliphatic heterocycles. The maximum Gasteiger partial charge on any atom is 0.260 e. The van der Waals surface area contributed by atoms with Crippen LogP contribution in [0.3, 0.4) is 0 Å². The monoisotopic (exact) mass is 527 g/mol. The molecule has 0 spiro atoms. The van der Waals surface area contributed by atoms with Crippen molar-refractivity contribution in [1.29, 1.82) is 0 Å². The van der Waals surface area contributed by atoms with Crippen LogP contribution in [0.5, 0.6) is 17.2 Å². The molecule has 0 saturated carbocycles. The van der Waals surface area contributed by atoms with Gasteiger partial charge in [-0.1, -0.05) is 29.8 Å². The smallest absolute Gasteiger partial charge is 0.260 e. The van der Waals surface area contributed by atoms with Crippen LogP contribution < -0.4 is 14.2 Å². The van der Waals surface area contributed by atoms with E-state index in [0.717, 1.165) is 0 Å². The summed E-state index contributed by atoms with van der Waals surface area (Å²) in [5.41, 5.74) is 1.40. The first-order chi connectivity index (χ1) is 17.1. The number of hydrogen-bond donors (Lipinski definition) is 0. The van der Waals surface area contributed by atoms with Crippen LogP contribution in [-0.2, 0) is 6.42 Å². The number of alkyl halides is 2. The number of carbonyl (C=O) groups is 1. The lowest BCUT2D eigenvalue weighted by Crippen LogP contribution is -2.44. The molecule has 0 radical (unpaired) electrons. The van der Waals surface area contributed by atoms with E-state index >= 15 is 0 Å². The molecular formula is C27H33ClF3NO4. The normalized spacial score (nSPS) is 15.5.